The Morgan fingerprint density at radius 1 is 1.50 bits per heavy atom. The summed E-state index contributed by atoms with van der Waals surface area (Å²) in [7, 11) is -3.71. The molecule has 3 heterocycles. The fourth-order valence-electron chi connectivity index (χ4n) is 1.79. The first-order chi connectivity index (χ1) is 9.58. The van der Waals surface area contributed by atoms with Gasteiger partial charge in [0.25, 0.3) is 10.0 Å². The van der Waals surface area contributed by atoms with E-state index in [-0.39, 0.29) is 16.7 Å². The Hall–Kier alpha value is -1.42. The fraction of sp³-hybridized carbons (Fsp3) is 0.200. The van der Waals surface area contributed by atoms with Gasteiger partial charge in [0.05, 0.1) is 6.33 Å². The minimum Gasteiger partial charge on any atom is -0.348 e. The van der Waals surface area contributed by atoms with Crippen LogP contribution in [-0.4, -0.2) is 34.3 Å². The number of hydrogen-bond donors (Lipinski definition) is 2. The highest BCUT2D eigenvalue weighted by molar-refractivity contribution is 7.89. The van der Waals surface area contributed by atoms with Gasteiger partial charge in [-0.2, -0.15) is 0 Å². The van der Waals surface area contributed by atoms with Gasteiger partial charge >= 0.3 is 0 Å². The van der Waals surface area contributed by atoms with Gasteiger partial charge in [0.2, 0.25) is 0 Å². The Labute approximate surface area is 123 Å². The van der Waals surface area contributed by atoms with E-state index in [4.69, 9.17) is 11.6 Å². The largest absolute Gasteiger partial charge is 0.348 e. The van der Waals surface area contributed by atoms with Gasteiger partial charge in [-0.25, -0.2) is 23.1 Å². The monoisotopic (exact) mass is 331 g/mol. The average molecular weight is 332 g/mol. The zero-order valence-corrected chi connectivity index (χ0v) is 12.5. The molecule has 0 radical (unpaired) electrons. The van der Waals surface area contributed by atoms with E-state index in [0.29, 0.717) is 11.4 Å². The fourth-order valence-corrected chi connectivity index (χ4v) is 4.27. The molecule has 0 saturated carbocycles. The number of rotatable bonds is 5. The number of nitrogens with zero attached hydrogens (tertiary/aromatic N) is 3. The van der Waals surface area contributed by atoms with Gasteiger partial charge in [-0.1, -0.05) is 11.6 Å². The van der Waals surface area contributed by atoms with Crippen molar-refractivity contribution >= 4 is 37.9 Å². The maximum Gasteiger partial charge on any atom is 0.259 e. The van der Waals surface area contributed by atoms with Crippen molar-refractivity contribution in [1.29, 1.82) is 0 Å². The molecule has 0 bridgehead atoms. The van der Waals surface area contributed by atoms with Gasteiger partial charge in [0, 0.05) is 36.4 Å². The summed E-state index contributed by atoms with van der Waals surface area (Å²) in [5, 5.41) is 1.70. The Kier molecular flexibility index (Phi) is 3.50. The van der Waals surface area contributed by atoms with Gasteiger partial charge in [0.15, 0.2) is 15.1 Å². The van der Waals surface area contributed by atoms with Crippen LogP contribution in [0.1, 0.15) is 5.69 Å². The maximum absolute atomic E-state index is 12.3. The van der Waals surface area contributed by atoms with Crippen molar-refractivity contribution in [2.45, 2.75) is 11.4 Å². The van der Waals surface area contributed by atoms with Crippen molar-refractivity contribution in [3.8, 4) is 0 Å². The van der Waals surface area contributed by atoms with E-state index in [2.05, 4.69) is 19.7 Å². The summed E-state index contributed by atoms with van der Waals surface area (Å²) in [4.78, 5) is 11.3. The van der Waals surface area contributed by atoms with Crippen molar-refractivity contribution in [1.82, 2.24) is 24.1 Å². The highest BCUT2D eigenvalue weighted by Crippen LogP contribution is 2.25. The molecule has 0 aromatic carbocycles. The van der Waals surface area contributed by atoms with Crippen molar-refractivity contribution in [3.05, 3.63) is 34.9 Å². The number of imidazole rings is 2. The molecule has 0 aliphatic heterocycles. The lowest BCUT2D eigenvalue weighted by molar-refractivity contribution is 0.576. The van der Waals surface area contributed by atoms with Crippen LogP contribution in [0.15, 0.2) is 29.1 Å². The van der Waals surface area contributed by atoms with Crippen molar-refractivity contribution in [2.24, 2.45) is 0 Å². The quantitative estimate of drug-likeness (QED) is 0.737. The summed E-state index contributed by atoms with van der Waals surface area (Å²) in [5.74, 6) is 0. The molecule has 0 unspecified atom stereocenters. The third kappa shape index (κ3) is 2.44. The molecule has 3 aromatic rings. The summed E-state index contributed by atoms with van der Waals surface area (Å²) in [5.41, 5.74) is 0.854. The first-order valence-electron chi connectivity index (χ1n) is 5.66. The molecule has 0 aliphatic rings. The van der Waals surface area contributed by atoms with Crippen LogP contribution in [0.5, 0.6) is 0 Å². The minimum absolute atomic E-state index is 0.0223. The van der Waals surface area contributed by atoms with E-state index in [1.165, 1.54) is 15.7 Å². The van der Waals surface area contributed by atoms with Crippen LogP contribution >= 0.6 is 22.9 Å². The molecule has 2 N–H and O–H groups in total. The number of aromatic nitrogens is 4. The van der Waals surface area contributed by atoms with Gasteiger partial charge in [0.1, 0.15) is 0 Å². The molecule has 3 rings (SSSR count). The SMILES string of the molecule is O=S(=O)(NCCc1cnc[nH]1)c1c(Cl)nc2sccn12. The first kappa shape index (κ1) is 13.6. The van der Waals surface area contributed by atoms with Crippen LogP contribution in [0.2, 0.25) is 5.15 Å². The predicted octanol–water partition coefficient (Wildman–Crippen LogP) is 1.29. The topological polar surface area (TPSA) is 92.1 Å². The van der Waals surface area contributed by atoms with Crippen LogP contribution in [0.4, 0.5) is 0 Å². The van der Waals surface area contributed by atoms with E-state index >= 15 is 0 Å². The van der Waals surface area contributed by atoms with E-state index < -0.39 is 10.0 Å². The van der Waals surface area contributed by atoms with Crippen LogP contribution in [0.3, 0.4) is 0 Å². The highest BCUT2D eigenvalue weighted by Gasteiger charge is 2.24. The zero-order valence-electron chi connectivity index (χ0n) is 10.1. The predicted molar refractivity (Wildman–Crippen MR) is 75.6 cm³/mol. The standard InChI is InChI=1S/C10H10ClN5O2S2/c11-8-9(16-3-4-19-10(16)15-8)20(17,18)14-2-1-7-5-12-6-13-7/h3-6,14H,1-2H2,(H,12,13). The number of fused-ring (bicyclic) bond motifs is 1. The third-order valence-electron chi connectivity index (χ3n) is 2.67. The first-order valence-corrected chi connectivity index (χ1v) is 8.40. The molecule has 0 spiro atoms. The molecule has 10 heteroatoms. The summed E-state index contributed by atoms with van der Waals surface area (Å²) >= 11 is 7.23. The lowest BCUT2D eigenvalue weighted by atomic mass is 10.3. The van der Waals surface area contributed by atoms with Gasteiger partial charge in [-0.15, -0.1) is 11.3 Å². The Bertz CT molecular complexity index is 821. The molecule has 3 aromatic heterocycles. The second kappa shape index (κ2) is 5.17. The lowest BCUT2D eigenvalue weighted by Gasteiger charge is -2.05. The number of aromatic amines is 1. The van der Waals surface area contributed by atoms with E-state index in [0.717, 1.165) is 5.69 Å². The lowest BCUT2D eigenvalue weighted by Crippen LogP contribution is -2.27. The molecular weight excluding hydrogens is 322 g/mol. The number of thiazole rings is 1. The normalized spacial score (nSPS) is 12.2. The molecular formula is C10H10ClN5O2S2. The molecule has 7 nitrogen and oxygen atoms in total. The molecule has 20 heavy (non-hydrogen) atoms. The van der Waals surface area contributed by atoms with Gasteiger partial charge < -0.3 is 4.98 Å². The molecule has 106 valence electrons. The number of halogens is 1. The molecule has 0 atom stereocenters. The van der Waals surface area contributed by atoms with Crippen LogP contribution in [-0.2, 0) is 16.4 Å². The van der Waals surface area contributed by atoms with Crippen molar-refractivity contribution in [3.63, 3.8) is 0 Å². The average Bonchev–Trinajstić information content (AvgIpc) is 3.04. The van der Waals surface area contributed by atoms with Crippen molar-refractivity contribution < 1.29 is 8.42 Å². The Balaban J connectivity index is 1.81. The van der Waals surface area contributed by atoms with E-state index in [1.54, 1.807) is 24.1 Å². The number of sulfonamides is 1. The Morgan fingerprint density at radius 2 is 2.35 bits per heavy atom. The molecule has 0 fully saturated rings. The number of H-pyrrole nitrogens is 1. The second-order valence-electron chi connectivity index (χ2n) is 3.99. The van der Waals surface area contributed by atoms with Crippen molar-refractivity contribution in [2.75, 3.05) is 6.54 Å². The van der Waals surface area contributed by atoms with Crippen LogP contribution < -0.4 is 4.72 Å². The van der Waals surface area contributed by atoms with Gasteiger partial charge in [-0.05, 0) is 0 Å². The summed E-state index contributed by atoms with van der Waals surface area (Å²) in [6.45, 7) is 0.248. The summed E-state index contributed by atoms with van der Waals surface area (Å²) in [6.07, 6.45) is 5.34. The zero-order chi connectivity index (χ0) is 14.2. The molecule has 0 amide bonds. The molecule has 0 saturated heterocycles. The number of hydrogen-bond acceptors (Lipinski definition) is 5. The van der Waals surface area contributed by atoms with Crippen LogP contribution in [0, 0.1) is 0 Å². The van der Waals surface area contributed by atoms with Gasteiger partial charge in [-0.3, -0.25) is 4.40 Å². The summed E-state index contributed by atoms with van der Waals surface area (Å²) < 4.78 is 28.5. The van der Waals surface area contributed by atoms with Crippen LogP contribution in [0.25, 0.3) is 4.96 Å². The second-order valence-corrected chi connectivity index (χ2v) is 6.90. The minimum atomic E-state index is -3.71. The smallest absolute Gasteiger partial charge is 0.259 e. The highest BCUT2D eigenvalue weighted by atomic mass is 35.5. The third-order valence-corrected chi connectivity index (χ3v) is 5.29. The van der Waals surface area contributed by atoms with E-state index in [1.807, 2.05) is 0 Å². The van der Waals surface area contributed by atoms with E-state index in [9.17, 15) is 8.42 Å². The Morgan fingerprint density at radius 3 is 3.10 bits per heavy atom. The molecule has 0 aliphatic carbocycles. The summed E-state index contributed by atoms with van der Waals surface area (Å²) in [6, 6.07) is 0. The number of nitrogens with one attached hydrogen (secondary N) is 2. The maximum atomic E-state index is 12.3.